The second-order valence-corrected chi connectivity index (χ2v) is 9.87. The van der Waals surface area contributed by atoms with E-state index < -0.39 is 21.8 Å². The van der Waals surface area contributed by atoms with Crippen molar-refractivity contribution in [3.8, 4) is 0 Å². The number of para-hydroxylation sites is 1. The summed E-state index contributed by atoms with van der Waals surface area (Å²) in [5, 5.41) is 5.71. The molecule has 0 aliphatic carbocycles. The van der Waals surface area contributed by atoms with E-state index in [1.54, 1.807) is 30.3 Å². The van der Waals surface area contributed by atoms with E-state index in [9.17, 15) is 18.0 Å². The first kappa shape index (κ1) is 22.8. The lowest BCUT2D eigenvalue weighted by atomic mass is 10.0. The summed E-state index contributed by atoms with van der Waals surface area (Å²) >= 11 is 5.82. The number of carbonyl (C=O) groups excluding carboxylic acids is 2. The number of benzene rings is 3. The lowest BCUT2D eigenvalue weighted by molar-refractivity contribution is -0.115. The number of amides is 2. The van der Waals surface area contributed by atoms with Crippen LogP contribution in [0.4, 0.5) is 11.4 Å². The molecule has 9 heteroatoms. The molecule has 0 radical (unpaired) electrons. The Morgan fingerprint density at radius 3 is 2.52 bits per heavy atom. The van der Waals surface area contributed by atoms with Crippen molar-refractivity contribution in [2.75, 3.05) is 22.7 Å². The Hall–Kier alpha value is -3.36. The summed E-state index contributed by atoms with van der Waals surface area (Å²) < 4.78 is 28.1. The minimum absolute atomic E-state index is 0.0254. The van der Waals surface area contributed by atoms with Gasteiger partial charge >= 0.3 is 0 Å². The molecule has 33 heavy (non-hydrogen) atoms. The van der Waals surface area contributed by atoms with Crippen LogP contribution in [0.5, 0.6) is 0 Å². The molecule has 1 heterocycles. The number of nitrogens with zero attached hydrogens (tertiary/aromatic N) is 1. The molecule has 1 aliphatic heterocycles. The molecule has 0 spiro atoms. The van der Waals surface area contributed by atoms with Gasteiger partial charge in [-0.1, -0.05) is 35.9 Å². The Bertz CT molecular complexity index is 1290. The maximum atomic E-state index is 13.3. The number of hydrogen-bond donors (Lipinski definition) is 2. The number of halogens is 1. The Morgan fingerprint density at radius 2 is 1.73 bits per heavy atom. The van der Waals surface area contributed by atoms with Crippen LogP contribution in [0, 0.1) is 0 Å². The van der Waals surface area contributed by atoms with Crippen molar-refractivity contribution in [3.05, 3.63) is 88.9 Å². The molecule has 7 nitrogen and oxygen atoms in total. The number of anilines is 2. The first-order chi connectivity index (χ1) is 15.8. The third kappa shape index (κ3) is 5.18. The van der Waals surface area contributed by atoms with Gasteiger partial charge in [-0.15, -0.1) is 0 Å². The lowest BCUT2D eigenvalue weighted by Gasteiger charge is -2.30. The summed E-state index contributed by atoms with van der Waals surface area (Å²) in [6.07, 6.45) is 1.54. The van der Waals surface area contributed by atoms with Crippen molar-refractivity contribution in [2.24, 2.45) is 0 Å². The molecule has 2 amide bonds. The van der Waals surface area contributed by atoms with E-state index in [4.69, 9.17) is 11.6 Å². The van der Waals surface area contributed by atoms with Crippen LogP contribution >= 0.6 is 11.6 Å². The highest BCUT2D eigenvalue weighted by Crippen LogP contribution is 2.31. The highest BCUT2D eigenvalue weighted by atomic mass is 35.5. The Labute approximate surface area is 197 Å². The Morgan fingerprint density at radius 1 is 0.970 bits per heavy atom. The quantitative estimate of drug-likeness (QED) is 0.556. The number of carbonyl (C=O) groups is 2. The number of fused-ring (bicyclic) bond motifs is 1. The molecule has 1 aliphatic rings. The maximum absolute atomic E-state index is 13.3. The van der Waals surface area contributed by atoms with E-state index in [0.717, 1.165) is 18.4 Å². The van der Waals surface area contributed by atoms with Gasteiger partial charge in [0.1, 0.15) is 0 Å². The maximum Gasteiger partial charge on any atom is 0.264 e. The summed E-state index contributed by atoms with van der Waals surface area (Å²) in [4.78, 5) is 24.7. The van der Waals surface area contributed by atoms with Crippen molar-refractivity contribution in [1.29, 1.82) is 0 Å². The fraction of sp³-hybridized carbons (Fsp3) is 0.167. The average molecular weight is 484 g/mol. The van der Waals surface area contributed by atoms with Gasteiger partial charge < -0.3 is 10.6 Å². The van der Waals surface area contributed by atoms with Crippen LogP contribution in [-0.2, 0) is 21.2 Å². The SMILES string of the molecule is O=C(CNC(=O)c1cccc(S(=O)(=O)N2CCCc3ccccc32)c1)Nc1ccc(Cl)cc1. The number of aryl methyl sites for hydroxylation is 1. The van der Waals surface area contributed by atoms with Crippen LogP contribution in [0.1, 0.15) is 22.3 Å². The molecule has 4 rings (SSSR count). The van der Waals surface area contributed by atoms with Gasteiger partial charge in [0, 0.05) is 22.8 Å². The summed E-state index contributed by atoms with van der Waals surface area (Å²) in [6.45, 7) is 0.110. The van der Waals surface area contributed by atoms with Crippen molar-refractivity contribution >= 4 is 44.8 Å². The Balaban J connectivity index is 1.45. The van der Waals surface area contributed by atoms with Gasteiger partial charge in [0.05, 0.1) is 17.1 Å². The summed E-state index contributed by atoms with van der Waals surface area (Å²) in [5.41, 5.74) is 2.35. The van der Waals surface area contributed by atoms with E-state index in [1.807, 2.05) is 18.2 Å². The molecule has 3 aromatic rings. The zero-order valence-corrected chi connectivity index (χ0v) is 19.2. The minimum Gasteiger partial charge on any atom is -0.343 e. The molecule has 3 aromatic carbocycles. The number of rotatable bonds is 6. The highest BCUT2D eigenvalue weighted by molar-refractivity contribution is 7.92. The highest BCUT2D eigenvalue weighted by Gasteiger charge is 2.29. The topological polar surface area (TPSA) is 95.6 Å². The smallest absolute Gasteiger partial charge is 0.264 e. The van der Waals surface area contributed by atoms with Gasteiger partial charge in [0.25, 0.3) is 15.9 Å². The standard InChI is InChI=1S/C24H22ClN3O4S/c25-19-10-12-20(13-11-19)27-23(29)16-26-24(30)18-6-3-8-21(15-18)33(31,32)28-14-4-7-17-5-1-2-9-22(17)28/h1-3,5-6,8-13,15H,4,7,14,16H2,(H,26,30)(H,27,29). The van der Waals surface area contributed by atoms with Crippen molar-refractivity contribution in [3.63, 3.8) is 0 Å². The molecule has 0 saturated heterocycles. The van der Waals surface area contributed by atoms with Crippen LogP contribution in [-0.4, -0.2) is 33.3 Å². The van der Waals surface area contributed by atoms with Gasteiger partial charge in [-0.05, 0) is 66.9 Å². The molecule has 0 fully saturated rings. The van der Waals surface area contributed by atoms with Crippen LogP contribution in [0.15, 0.2) is 77.7 Å². The summed E-state index contributed by atoms with van der Waals surface area (Å²) in [6, 6.07) is 19.8. The van der Waals surface area contributed by atoms with Crippen LogP contribution < -0.4 is 14.9 Å². The van der Waals surface area contributed by atoms with Gasteiger partial charge in [-0.2, -0.15) is 0 Å². The number of hydrogen-bond acceptors (Lipinski definition) is 4. The monoisotopic (exact) mass is 483 g/mol. The molecular weight excluding hydrogens is 462 g/mol. The zero-order valence-electron chi connectivity index (χ0n) is 17.6. The minimum atomic E-state index is -3.84. The second-order valence-electron chi connectivity index (χ2n) is 7.58. The summed E-state index contributed by atoms with van der Waals surface area (Å²) in [5.74, 6) is -0.961. The van der Waals surface area contributed by atoms with E-state index >= 15 is 0 Å². The molecule has 0 aromatic heterocycles. The molecule has 170 valence electrons. The van der Waals surface area contributed by atoms with Crippen molar-refractivity contribution in [2.45, 2.75) is 17.7 Å². The fourth-order valence-corrected chi connectivity index (χ4v) is 5.39. The van der Waals surface area contributed by atoms with Gasteiger partial charge in [-0.25, -0.2) is 8.42 Å². The molecule has 0 bridgehead atoms. The molecule has 0 atom stereocenters. The molecule has 2 N–H and O–H groups in total. The predicted molar refractivity (Wildman–Crippen MR) is 128 cm³/mol. The lowest BCUT2D eigenvalue weighted by Crippen LogP contribution is -2.36. The molecule has 0 saturated carbocycles. The zero-order chi connectivity index (χ0) is 23.4. The normalized spacial score (nSPS) is 13.2. The van der Waals surface area contributed by atoms with E-state index in [-0.39, 0.29) is 17.0 Å². The fourth-order valence-electron chi connectivity index (χ4n) is 3.67. The largest absolute Gasteiger partial charge is 0.343 e. The third-order valence-electron chi connectivity index (χ3n) is 5.29. The van der Waals surface area contributed by atoms with E-state index in [0.29, 0.717) is 22.9 Å². The van der Waals surface area contributed by atoms with Gasteiger partial charge in [-0.3, -0.25) is 13.9 Å². The van der Waals surface area contributed by atoms with Crippen molar-refractivity contribution in [1.82, 2.24) is 5.32 Å². The summed E-state index contributed by atoms with van der Waals surface area (Å²) in [7, 11) is -3.84. The second kappa shape index (κ2) is 9.64. The van der Waals surface area contributed by atoms with Gasteiger partial charge in [0.15, 0.2) is 0 Å². The Kier molecular flexibility index (Phi) is 6.67. The first-order valence-corrected chi connectivity index (χ1v) is 12.2. The van der Waals surface area contributed by atoms with E-state index in [2.05, 4.69) is 10.6 Å². The van der Waals surface area contributed by atoms with Crippen LogP contribution in [0.3, 0.4) is 0 Å². The molecule has 0 unspecified atom stereocenters. The van der Waals surface area contributed by atoms with Gasteiger partial charge in [0.2, 0.25) is 5.91 Å². The predicted octanol–water partition coefficient (Wildman–Crippen LogP) is 3.85. The van der Waals surface area contributed by atoms with Crippen LogP contribution in [0.25, 0.3) is 0 Å². The van der Waals surface area contributed by atoms with Crippen molar-refractivity contribution < 1.29 is 18.0 Å². The van der Waals surface area contributed by atoms with Crippen LogP contribution in [0.2, 0.25) is 5.02 Å². The number of nitrogens with one attached hydrogen (secondary N) is 2. The number of sulfonamides is 1. The first-order valence-electron chi connectivity index (χ1n) is 10.4. The third-order valence-corrected chi connectivity index (χ3v) is 7.35. The molecular formula is C24H22ClN3O4S. The van der Waals surface area contributed by atoms with E-state index in [1.165, 1.54) is 28.6 Å². The average Bonchev–Trinajstić information content (AvgIpc) is 2.83.